The Hall–Kier alpha value is -1.000. The second-order valence-electron chi connectivity index (χ2n) is 4.41. The maximum atomic E-state index is 6.24. The molecule has 0 spiro atoms. The highest BCUT2D eigenvalue weighted by atomic mass is 35.5. The zero-order valence-electron chi connectivity index (χ0n) is 10.6. The van der Waals surface area contributed by atoms with Gasteiger partial charge in [-0.3, -0.25) is 4.90 Å². The van der Waals surface area contributed by atoms with Gasteiger partial charge >= 0.3 is 0 Å². The summed E-state index contributed by atoms with van der Waals surface area (Å²) in [7, 11) is 1.99. The summed E-state index contributed by atoms with van der Waals surface area (Å²) in [6, 6.07) is 9.31. The quantitative estimate of drug-likeness (QED) is 0.915. The first kappa shape index (κ1) is 14.4. The van der Waals surface area contributed by atoms with E-state index in [4.69, 9.17) is 33.4 Å². The molecule has 1 heterocycles. The molecule has 102 valence electrons. The van der Waals surface area contributed by atoms with Crippen LogP contribution in [0.5, 0.6) is 0 Å². The van der Waals surface area contributed by atoms with Crippen LogP contribution in [-0.2, 0) is 6.54 Å². The first-order valence-corrected chi connectivity index (χ1v) is 6.75. The Morgan fingerprint density at radius 3 is 2.68 bits per heavy atom. The van der Waals surface area contributed by atoms with Crippen LogP contribution in [0.1, 0.15) is 17.4 Å². The second-order valence-corrected chi connectivity index (χ2v) is 5.26. The Bertz CT molecular complexity index is 528. The van der Waals surface area contributed by atoms with Crippen molar-refractivity contribution in [3.8, 4) is 0 Å². The summed E-state index contributed by atoms with van der Waals surface area (Å²) >= 11 is 12.2. The third-order valence-electron chi connectivity index (χ3n) is 3.06. The van der Waals surface area contributed by atoms with Crippen LogP contribution in [0, 0.1) is 0 Å². The molecule has 0 bridgehead atoms. The number of hydrogen-bond donors (Lipinski definition) is 1. The number of halogens is 2. The van der Waals surface area contributed by atoms with Gasteiger partial charge in [-0.25, -0.2) is 0 Å². The Morgan fingerprint density at radius 2 is 2.11 bits per heavy atom. The van der Waals surface area contributed by atoms with E-state index in [0.717, 1.165) is 11.3 Å². The fourth-order valence-corrected chi connectivity index (χ4v) is 2.61. The Kier molecular flexibility index (Phi) is 4.88. The van der Waals surface area contributed by atoms with Gasteiger partial charge in [0.2, 0.25) is 0 Å². The fraction of sp³-hybridized carbons (Fsp3) is 0.286. The van der Waals surface area contributed by atoms with Crippen molar-refractivity contribution in [3.63, 3.8) is 0 Å². The van der Waals surface area contributed by atoms with Gasteiger partial charge in [0.05, 0.1) is 12.8 Å². The van der Waals surface area contributed by atoms with Crippen molar-refractivity contribution in [3.05, 3.63) is 58.0 Å². The van der Waals surface area contributed by atoms with Crippen molar-refractivity contribution in [2.24, 2.45) is 5.73 Å². The molecule has 1 unspecified atom stereocenters. The molecular weight excluding hydrogens is 283 g/mol. The molecule has 2 rings (SSSR count). The Morgan fingerprint density at radius 1 is 1.32 bits per heavy atom. The van der Waals surface area contributed by atoms with E-state index in [-0.39, 0.29) is 6.04 Å². The van der Waals surface area contributed by atoms with Crippen LogP contribution in [0.3, 0.4) is 0 Å². The first-order valence-electron chi connectivity index (χ1n) is 5.99. The van der Waals surface area contributed by atoms with Crippen molar-refractivity contribution in [1.82, 2.24) is 4.90 Å². The van der Waals surface area contributed by atoms with E-state index in [1.165, 1.54) is 0 Å². The van der Waals surface area contributed by atoms with Gasteiger partial charge in [-0.1, -0.05) is 29.3 Å². The number of nitrogens with zero attached hydrogens (tertiary/aromatic N) is 1. The fourth-order valence-electron chi connectivity index (χ4n) is 2.07. The van der Waals surface area contributed by atoms with E-state index >= 15 is 0 Å². The van der Waals surface area contributed by atoms with Crippen molar-refractivity contribution in [1.29, 1.82) is 0 Å². The van der Waals surface area contributed by atoms with Crippen molar-refractivity contribution in [2.75, 3.05) is 13.6 Å². The van der Waals surface area contributed by atoms with Crippen LogP contribution in [0.2, 0.25) is 10.0 Å². The van der Waals surface area contributed by atoms with E-state index in [2.05, 4.69) is 4.90 Å². The van der Waals surface area contributed by atoms with Gasteiger partial charge in [-0.2, -0.15) is 0 Å². The van der Waals surface area contributed by atoms with Crippen LogP contribution < -0.4 is 5.73 Å². The van der Waals surface area contributed by atoms with Crippen LogP contribution in [0.4, 0.5) is 0 Å². The number of benzene rings is 1. The summed E-state index contributed by atoms with van der Waals surface area (Å²) in [5, 5.41) is 1.26. The highest BCUT2D eigenvalue weighted by molar-refractivity contribution is 6.35. The van der Waals surface area contributed by atoms with E-state index < -0.39 is 0 Å². The predicted molar refractivity (Wildman–Crippen MR) is 78.4 cm³/mol. The van der Waals surface area contributed by atoms with E-state index in [1.807, 2.05) is 31.3 Å². The third kappa shape index (κ3) is 3.51. The average Bonchev–Trinajstić information content (AvgIpc) is 2.85. The van der Waals surface area contributed by atoms with Gasteiger partial charge in [0.1, 0.15) is 5.76 Å². The lowest BCUT2D eigenvalue weighted by Gasteiger charge is -2.27. The molecule has 3 nitrogen and oxygen atoms in total. The van der Waals surface area contributed by atoms with Crippen molar-refractivity contribution < 1.29 is 4.42 Å². The average molecular weight is 299 g/mol. The molecule has 0 aliphatic heterocycles. The summed E-state index contributed by atoms with van der Waals surface area (Å²) in [5.41, 5.74) is 6.85. The van der Waals surface area contributed by atoms with Crippen molar-refractivity contribution in [2.45, 2.75) is 12.6 Å². The lowest BCUT2D eigenvalue weighted by atomic mass is 10.1. The molecule has 1 aromatic carbocycles. The minimum absolute atomic E-state index is 0.0230. The van der Waals surface area contributed by atoms with Crippen molar-refractivity contribution >= 4 is 23.2 Å². The molecule has 19 heavy (non-hydrogen) atoms. The normalized spacial score (nSPS) is 12.9. The Labute approximate surface area is 122 Å². The summed E-state index contributed by atoms with van der Waals surface area (Å²) in [4.78, 5) is 2.11. The van der Waals surface area contributed by atoms with Crippen LogP contribution in [0.15, 0.2) is 41.0 Å². The van der Waals surface area contributed by atoms with E-state index in [1.54, 1.807) is 12.3 Å². The number of nitrogens with two attached hydrogens (primary N) is 1. The highest BCUT2D eigenvalue weighted by Crippen LogP contribution is 2.29. The van der Waals surface area contributed by atoms with E-state index in [0.29, 0.717) is 23.1 Å². The number of rotatable bonds is 5. The largest absolute Gasteiger partial charge is 0.468 e. The van der Waals surface area contributed by atoms with Gasteiger partial charge in [0.25, 0.3) is 0 Å². The number of likely N-dealkylation sites (N-methyl/N-ethyl adjacent to an activating group) is 1. The smallest absolute Gasteiger partial charge is 0.117 e. The molecule has 2 aromatic rings. The maximum Gasteiger partial charge on any atom is 0.117 e. The molecule has 5 heteroatoms. The SMILES string of the molecule is CN(Cc1ccco1)C(CN)c1ccc(Cl)cc1Cl. The molecule has 2 N–H and O–H groups in total. The topological polar surface area (TPSA) is 42.4 Å². The van der Waals surface area contributed by atoms with Gasteiger partial charge < -0.3 is 10.2 Å². The summed E-state index contributed by atoms with van der Waals surface area (Å²) in [5.74, 6) is 0.894. The standard InChI is InChI=1S/C14H16Cl2N2O/c1-18(9-11-3-2-6-19-11)14(8-17)12-5-4-10(15)7-13(12)16/h2-7,14H,8-9,17H2,1H3. The third-order valence-corrected chi connectivity index (χ3v) is 3.62. The van der Waals surface area contributed by atoms with E-state index in [9.17, 15) is 0 Å². The molecule has 1 atom stereocenters. The van der Waals surface area contributed by atoms with Gasteiger partial charge in [0, 0.05) is 22.6 Å². The van der Waals surface area contributed by atoms with Crippen LogP contribution >= 0.6 is 23.2 Å². The summed E-state index contributed by atoms with van der Waals surface area (Å²) in [6.45, 7) is 1.15. The summed E-state index contributed by atoms with van der Waals surface area (Å²) in [6.07, 6.45) is 1.66. The molecule has 0 amide bonds. The second kappa shape index (κ2) is 6.44. The number of hydrogen-bond acceptors (Lipinski definition) is 3. The summed E-state index contributed by atoms with van der Waals surface area (Å²) < 4.78 is 5.35. The molecule has 0 saturated carbocycles. The lowest BCUT2D eigenvalue weighted by Crippen LogP contribution is -2.30. The van der Waals surface area contributed by atoms with Gasteiger partial charge in [0.15, 0.2) is 0 Å². The van der Waals surface area contributed by atoms with Crippen LogP contribution in [0.25, 0.3) is 0 Å². The predicted octanol–water partition coefficient (Wildman–Crippen LogP) is 3.72. The first-order chi connectivity index (χ1) is 9.11. The Balaban J connectivity index is 2.18. The zero-order chi connectivity index (χ0) is 13.8. The monoisotopic (exact) mass is 298 g/mol. The molecule has 0 aliphatic carbocycles. The van der Waals surface area contributed by atoms with Crippen LogP contribution in [-0.4, -0.2) is 18.5 Å². The maximum absolute atomic E-state index is 6.24. The molecule has 0 radical (unpaired) electrons. The molecular formula is C14H16Cl2N2O. The molecule has 0 aliphatic rings. The zero-order valence-corrected chi connectivity index (χ0v) is 12.2. The number of furan rings is 1. The minimum Gasteiger partial charge on any atom is -0.468 e. The minimum atomic E-state index is 0.0230. The van der Waals surface area contributed by atoms with Gasteiger partial charge in [-0.05, 0) is 36.9 Å². The molecule has 0 fully saturated rings. The molecule has 0 saturated heterocycles. The van der Waals surface area contributed by atoms with Gasteiger partial charge in [-0.15, -0.1) is 0 Å². The molecule has 1 aromatic heterocycles. The lowest BCUT2D eigenvalue weighted by molar-refractivity contribution is 0.223. The highest BCUT2D eigenvalue weighted by Gasteiger charge is 2.19.